The first-order valence-electron chi connectivity index (χ1n) is 9.51. The number of sulfonamides is 1. The van der Waals surface area contributed by atoms with Crippen LogP contribution < -0.4 is 5.73 Å². The molecule has 0 radical (unpaired) electrons. The molecule has 7 nitrogen and oxygen atoms in total. The first-order valence-corrected chi connectivity index (χ1v) is 11.0. The number of nitrogen functional groups attached to an aromatic ring is 1. The van der Waals surface area contributed by atoms with Crippen molar-refractivity contribution in [3.63, 3.8) is 0 Å². The van der Waals surface area contributed by atoms with Gasteiger partial charge in [0.25, 0.3) is 0 Å². The van der Waals surface area contributed by atoms with Crippen LogP contribution >= 0.6 is 13.5 Å². The van der Waals surface area contributed by atoms with E-state index >= 15 is 0 Å². The number of aliphatic hydroxyl groups is 1. The van der Waals surface area contributed by atoms with Gasteiger partial charge in [-0.3, -0.25) is 4.98 Å². The Morgan fingerprint density at radius 1 is 1.13 bits per heavy atom. The van der Waals surface area contributed by atoms with Crippen molar-refractivity contribution in [2.75, 3.05) is 18.9 Å². The van der Waals surface area contributed by atoms with Crippen molar-refractivity contribution in [2.24, 2.45) is 0 Å². The van der Waals surface area contributed by atoms with E-state index in [1.807, 2.05) is 0 Å². The molecule has 31 heavy (non-hydrogen) atoms. The fraction of sp³-hybridized carbons (Fsp3) is 0.238. The highest BCUT2D eigenvalue weighted by molar-refractivity contribution is 7.89. The number of nitrogens with zero attached hydrogens (tertiary/aromatic N) is 3. The SMILES string of the molecule is Nc1cnc(-c2ccc(-c3ccccc3S(=O)(=O)N3CCC[C@H]3CO)cc2F)cn1.S. The normalized spacial score (nSPS) is 16.8. The van der Waals surface area contributed by atoms with Crippen molar-refractivity contribution >= 4 is 29.3 Å². The molecule has 3 aromatic rings. The Bertz CT molecular complexity index is 1170. The van der Waals surface area contributed by atoms with Crippen LogP contribution in [0.15, 0.2) is 59.8 Å². The zero-order valence-corrected chi connectivity index (χ0v) is 18.4. The molecule has 3 N–H and O–H groups in total. The van der Waals surface area contributed by atoms with Crippen molar-refractivity contribution < 1.29 is 17.9 Å². The average Bonchev–Trinajstić information content (AvgIpc) is 3.24. The summed E-state index contributed by atoms with van der Waals surface area (Å²) in [5.41, 5.74) is 6.93. The third kappa shape index (κ3) is 4.42. The van der Waals surface area contributed by atoms with Gasteiger partial charge in [0, 0.05) is 23.7 Å². The largest absolute Gasteiger partial charge is 0.395 e. The van der Waals surface area contributed by atoms with Crippen LogP contribution in [0.1, 0.15) is 12.8 Å². The summed E-state index contributed by atoms with van der Waals surface area (Å²) < 4.78 is 42.8. The quantitative estimate of drug-likeness (QED) is 0.603. The molecule has 164 valence electrons. The molecule has 4 rings (SSSR count). The van der Waals surface area contributed by atoms with Crippen molar-refractivity contribution in [3.05, 3.63) is 60.7 Å². The molecular weight excluding hydrogens is 439 g/mol. The lowest BCUT2D eigenvalue weighted by molar-refractivity contribution is 0.213. The zero-order chi connectivity index (χ0) is 21.3. The maximum absolute atomic E-state index is 14.9. The molecule has 1 atom stereocenters. The van der Waals surface area contributed by atoms with E-state index in [0.29, 0.717) is 36.2 Å². The van der Waals surface area contributed by atoms with Crippen LogP contribution in [0.5, 0.6) is 0 Å². The van der Waals surface area contributed by atoms with E-state index in [4.69, 9.17) is 5.73 Å². The first kappa shape index (κ1) is 23.1. The highest BCUT2D eigenvalue weighted by Crippen LogP contribution is 2.34. The second-order valence-electron chi connectivity index (χ2n) is 7.11. The minimum atomic E-state index is -3.84. The number of nitrogens with two attached hydrogens (primary N) is 1. The maximum atomic E-state index is 14.9. The first-order chi connectivity index (χ1) is 14.4. The highest BCUT2D eigenvalue weighted by Gasteiger charge is 2.36. The molecule has 10 heteroatoms. The molecule has 0 unspecified atom stereocenters. The lowest BCUT2D eigenvalue weighted by Crippen LogP contribution is -2.37. The van der Waals surface area contributed by atoms with Crippen molar-refractivity contribution in [2.45, 2.75) is 23.8 Å². The monoisotopic (exact) mass is 462 g/mol. The summed E-state index contributed by atoms with van der Waals surface area (Å²) in [5.74, 6) is -0.314. The summed E-state index contributed by atoms with van der Waals surface area (Å²) >= 11 is 0. The topological polar surface area (TPSA) is 109 Å². The number of anilines is 1. The summed E-state index contributed by atoms with van der Waals surface area (Å²) in [6.45, 7) is 0.123. The number of hydrogen-bond donors (Lipinski definition) is 2. The van der Waals surface area contributed by atoms with Crippen LogP contribution in [0.2, 0.25) is 0 Å². The lowest BCUT2D eigenvalue weighted by atomic mass is 10.0. The molecule has 1 aliphatic rings. The summed E-state index contributed by atoms with van der Waals surface area (Å²) in [4.78, 5) is 8.10. The van der Waals surface area contributed by atoms with Gasteiger partial charge in [0.05, 0.1) is 29.6 Å². The molecular formula is C21H23FN4O3S2. The van der Waals surface area contributed by atoms with E-state index in [2.05, 4.69) is 9.97 Å². The van der Waals surface area contributed by atoms with Gasteiger partial charge >= 0.3 is 0 Å². The van der Waals surface area contributed by atoms with Gasteiger partial charge in [-0.15, -0.1) is 0 Å². The molecule has 2 heterocycles. The van der Waals surface area contributed by atoms with Gasteiger partial charge in [-0.25, -0.2) is 17.8 Å². The summed E-state index contributed by atoms with van der Waals surface area (Å²) in [5, 5.41) is 9.55. The van der Waals surface area contributed by atoms with Crippen molar-refractivity contribution in [1.29, 1.82) is 0 Å². The van der Waals surface area contributed by atoms with Crippen LogP contribution in [0.3, 0.4) is 0 Å². The molecule has 0 saturated carbocycles. The summed E-state index contributed by atoms with van der Waals surface area (Å²) in [6.07, 6.45) is 4.04. The van der Waals surface area contributed by atoms with E-state index in [1.54, 1.807) is 30.3 Å². The number of halogens is 1. The van der Waals surface area contributed by atoms with Crippen molar-refractivity contribution in [3.8, 4) is 22.4 Å². The fourth-order valence-corrected chi connectivity index (χ4v) is 5.63. The molecule has 0 aliphatic carbocycles. The fourth-order valence-electron chi connectivity index (χ4n) is 3.73. The van der Waals surface area contributed by atoms with Crippen LogP contribution in [0, 0.1) is 5.82 Å². The van der Waals surface area contributed by atoms with Gasteiger partial charge in [0.15, 0.2) is 0 Å². The Balaban J connectivity index is 0.00000272. The molecule has 0 bridgehead atoms. The highest BCUT2D eigenvalue weighted by atomic mass is 32.2. The standard InChI is InChI=1S/C21H21FN4O3S.H2S/c22-18-10-14(7-8-17(18)19-11-25-21(23)12-24-19)16-5-1-2-6-20(16)30(28,29)26-9-3-4-15(26)13-27;/h1-2,5-8,10-12,15,27H,3-4,9,13H2,(H2,23,25);1H2/t15-;/m0./s1. The van der Waals surface area contributed by atoms with Gasteiger partial charge in [-0.2, -0.15) is 17.8 Å². The second-order valence-corrected chi connectivity index (χ2v) is 8.97. The minimum Gasteiger partial charge on any atom is -0.395 e. The average molecular weight is 463 g/mol. The molecule has 2 aromatic carbocycles. The number of benzene rings is 2. The molecule has 1 aromatic heterocycles. The van der Waals surface area contributed by atoms with Crippen LogP contribution in [0.4, 0.5) is 10.2 Å². The van der Waals surface area contributed by atoms with Crippen LogP contribution in [0.25, 0.3) is 22.4 Å². The smallest absolute Gasteiger partial charge is 0.244 e. The number of aliphatic hydroxyl groups excluding tert-OH is 1. The number of aromatic nitrogens is 2. The van der Waals surface area contributed by atoms with Gasteiger partial charge in [0.2, 0.25) is 10.0 Å². The Labute approximate surface area is 187 Å². The molecule has 0 spiro atoms. The Morgan fingerprint density at radius 2 is 1.90 bits per heavy atom. The molecule has 1 saturated heterocycles. The zero-order valence-electron chi connectivity index (χ0n) is 16.6. The lowest BCUT2D eigenvalue weighted by Gasteiger charge is -2.24. The third-order valence-electron chi connectivity index (χ3n) is 5.24. The van der Waals surface area contributed by atoms with Gasteiger partial charge in [0.1, 0.15) is 11.6 Å². The van der Waals surface area contributed by atoms with E-state index in [1.165, 1.54) is 28.8 Å². The maximum Gasteiger partial charge on any atom is 0.244 e. The summed E-state index contributed by atoms with van der Waals surface area (Å²) in [7, 11) is -3.84. The van der Waals surface area contributed by atoms with E-state index < -0.39 is 21.9 Å². The van der Waals surface area contributed by atoms with Crippen LogP contribution in [-0.4, -0.2) is 47.0 Å². The summed E-state index contributed by atoms with van der Waals surface area (Å²) in [6, 6.07) is 10.5. The van der Waals surface area contributed by atoms with Gasteiger partial charge in [-0.05, 0) is 36.6 Å². The predicted molar refractivity (Wildman–Crippen MR) is 122 cm³/mol. The van der Waals surface area contributed by atoms with Crippen LogP contribution in [-0.2, 0) is 10.0 Å². The Hall–Kier alpha value is -2.53. The minimum absolute atomic E-state index is 0. The van der Waals surface area contributed by atoms with E-state index in [0.717, 1.165) is 0 Å². The van der Waals surface area contributed by atoms with Gasteiger partial charge in [-0.1, -0.05) is 24.3 Å². The number of rotatable bonds is 5. The Kier molecular flexibility index (Phi) is 6.95. The molecule has 0 amide bonds. The van der Waals surface area contributed by atoms with Crippen molar-refractivity contribution in [1.82, 2.24) is 14.3 Å². The molecule has 1 aliphatic heterocycles. The van der Waals surface area contributed by atoms with E-state index in [9.17, 15) is 17.9 Å². The Morgan fingerprint density at radius 3 is 2.58 bits per heavy atom. The second kappa shape index (κ2) is 9.31. The van der Waals surface area contributed by atoms with Gasteiger partial charge < -0.3 is 10.8 Å². The third-order valence-corrected chi connectivity index (χ3v) is 7.25. The van der Waals surface area contributed by atoms with E-state index in [-0.39, 0.29) is 36.4 Å². The predicted octanol–water partition coefficient (Wildman–Crippen LogP) is 2.79. The number of hydrogen-bond acceptors (Lipinski definition) is 6. The molecule has 1 fully saturated rings.